The van der Waals surface area contributed by atoms with Crippen LogP contribution in [0.5, 0.6) is 5.75 Å². The van der Waals surface area contributed by atoms with Crippen molar-refractivity contribution in [3.63, 3.8) is 0 Å². The second-order valence-electron chi connectivity index (χ2n) is 6.97. The Morgan fingerprint density at radius 2 is 1.87 bits per heavy atom. The van der Waals surface area contributed by atoms with E-state index in [4.69, 9.17) is 9.15 Å². The summed E-state index contributed by atoms with van der Waals surface area (Å²) in [6.45, 7) is 4.34. The molecule has 9 heteroatoms. The first kappa shape index (κ1) is 19.8. The molecule has 9 nitrogen and oxygen atoms in total. The smallest absolute Gasteiger partial charge is 0.273 e. The van der Waals surface area contributed by atoms with E-state index in [1.54, 1.807) is 19.5 Å². The van der Waals surface area contributed by atoms with Crippen molar-refractivity contribution in [2.75, 3.05) is 38.2 Å². The second kappa shape index (κ2) is 9.36. The summed E-state index contributed by atoms with van der Waals surface area (Å²) < 4.78 is 10.6. The Kier molecular flexibility index (Phi) is 6.19. The second-order valence-corrected chi connectivity index (χ2v) is 6.97. The van der Waals surface area contributed by atoms with Gasteiger partial charge in [-0.3, -0.25) is 9.69 Å². The number of piperazine rings is 1. The van der Waals surface area contributed by atoms with Gasteiger partial charge in [0.2, 0.25) is 11.8 Å². The summed E-state index contributed by atoms with van der Waals surface area (Å²) in [4.78, 5) is 29.7. The molecule has 3 heterocycles. The van der Waals surface area contributed by atoms with Crippen molar-refractivity contribution >= 4 is 11.9 Å². The predicted molar refractivity (Wildman–Crippen MR) is 110 cm³/mol. The molecule has 4 rings (SSSR count). The number of carbonyl (C=O) groups is 1. The third-order valence-corrected chi connectivity index (χ3v) is 4.96. The lowest BCUT2D eigenvalue weighted by molar-refractivity contribution is 0.0946. The van der Waals surface area contributed by atoms with E-state index < -0.39 is 0 Å². The van der Waals surface area contributed by atoms with Crippen LogP contribution in [0.25, 0.3) is 0 Å². The maximum Gasteiger partial charge on any atom is 0.273 e. The lowest BCUT2D eigenvalue weighted by Crippen LogP contribution is -2.46. The quantitative estimate of drug-likeness (QED) is 0.631. The summed E-state index contributed by atoms with van der Waals surface area (Å²) in [7, 11) is 1.62. The number of nitrogens with one attached hydrogen (secondary N) is 1. The third kappa shape index (κ3) is 4.93. The molecule has 0 aliphatic carbocycles. The van der Waals surface area contributed by atoms with Gasteiger partial charge in [-0.1, -0.05) is 12.1 Å². The van der Waals surface area contributed by atoms with Crippen LogP contribution >= 0.6 is 0 Å². The fraction of sp³-hybridized carbons (Fsp3) is 0.333. The van der Waals surface area contributed by atoms with Gasteiger partial charge in [0.1, 0.15) is 12.0 Å². The Morgan fingerprint density at radius 3 is 2.57 bits per heavy atom. The summed E-state index contributed by atoms with van der Waals surface area (Å²) in [5.41, 5.74) is 1.27. The first-order valence-corrected chi connectivity index (χ1v) is 9.81. The van der Waals surface area contributed by atoms with Gasteiger partial charge >= 0.3 is 0 Å². The summed E-state index contributed by atoms with van der Waals surface area (Å²) in [6, 6.07) is 9.35. The number of oxazole rings is 1. The normalized spacial score (nSPS) is 14.5. The number of benzene rings is 1. The van der Waals surface area contributed by atoms with Crippen LogP contribution in [0.4, 0.5) is 5.95 Å². The minimum Gasteiger partial charge on any atom is -0.497 e. The van der Waals surface area contributed by atoms with Gasteiger partial charge in [0.15, 0.2) is 5.69 Å². The molecule has 3 aromatic rings. The first-order chi connectivity index (χ1) is 14.7. The van der Waals surface area contributed by atoms with E-state index in [2.05, 4.69) is 30.1 Å². The summed E-state index contributed by atoms with van der Waals surface area (Å²) in [5.74, 6) is 1.81. The van der Waals surface area contributed by atoms with E-state index in [9.17, 15) is 4.79 Å². The number of amides is 1. The first-order valence-electron chi connectivity index (χ1n) is 9.81. The monoisotopic (exact) mass is 408 g/mol. The number of methoxy groups -OCH3 is 1. The molecule has 0 saturated carbocycles. The topological polar surface area (TPSA) is 96.6 Å². The molecule has 156 valence electrons. The van der Waals surface area contributed by atoms with E-state index in [0.29, 0.717) is 19.0 Å². The number of hydrogen-bond donors (Lipinski definition) is 1. The Bertz CT molecular complexity index is 952. The van der Waals surface area contributed by atoms with Crippen molar-refractivity contribution in [1.82, 2.24) is 25.2 Å². The van der Waals surface area contributed by atoms with Gasteiger partial charge in [0.05, 0.1) is 13.7 Å². The number of aromatic nitrogens is 3. The Labute approximate surface area is 174 Å². The van der Waals surface area contributed by atoms with Crippen LogP contribution in [0.1, 0.15) is 21.9 Å². The molecule has 0 atom stereocenters. The van der Waals surface area contributed by atoms with Gasteiger partial charge in [-0.05, 0) is 23.8 Å². The van der Waals surface area contributed by atoms with Crippen LogP contribution in [0.3, 0.4) is 0 Å². The standard InChI is InChI=1S/C21H24N6O3/c1-29-17-5-3-16(4-6-17)13-24-20(28)18-15-30-19(25-18)14-26-9-11-27(12-10-26)21-22-7-2-8-23-21/h2-8,15H,9-14H2,1H3,(H,24,28). The molecular formula is C21H24N6O3. The molecule has 1 aromatic carbocycles. The van der Waals surface area contributed by atoms with Crippen LogP contribution in [-0.2, 0) is 13.1 Å². The molecule has 1 saturated heterocycles. The molecule has 0 spiro atoms. The largest absolute Gasteiger partial charge is 0.497 e. The highest BCUT2D eigenvalue weighted by molar-refractivity contribution is 5.91. The van der Waals surface area contributed by atoms with Crippen LogP contribution in [0.2, 0.25) is 0 Å². The van der Waals surface area contributed by atoms with Gasteiger partial charge in [-0.2, -0.15) is 0 Å². The summed E-state index contributed by atoms with van der Waals surface area (Å²) in [6.07, 6.45) is 4.91. The van der Waals surface area contributed by atoms with Crippen molar-refractivity contribution < 1.29 is 13.9 Å². The van der Waals surface area contributed by atoms with Crippen molar-refractivity contribution in [3.8, 4) is 5.75 Å². The highest BCUT2D eigenvalue weighted by atomic mass is 16.5. The Balaban J connectivity index is 1.25. The highest BCUT2D eigenvalue weighted by Gasteiger charge is 2.21. The van der Waals surface area contributed by atoms with E-state index >= 15 is 0 Å². The van der Waals surface area contributed by atoms with Gasteiger partial charge in [-0.15, -0.1) is 0 Å². The number of rotatable bonds is 7. The molecule has 2 aromatic heterocycles. The molecule has 1 N–H and O–H groups in total. The molecule has 1 fully saturated rings. The maximum absolute atomic E-state index is 12.4. The molecule has 1 aliphatic heterocycles. The fourth-order valence-corrected chi connectivity index (χ4v) is 3.26. The Hall–Kier alpha value is -3.46. The SMILES string of the molecule is COc1ccc(CNC(=O)c2coc(CN3CCN(c4ncccn4)CC3)n2)cc1. The van der Waals surface area contributed by atoms with E-state index in [-0.39, 0.29) is 11.6 Å². The molecule has 1 aliphatic rings. The summed E-state index contributed by atoms with van der Waals surface area (Å²) >= 11 is 0. The molecule has 30 heavy (non-hydrogen) atoms. The minimum absolute atomic E-state index is 0.258. The van der Waals surface area contributed by atoms with Crippen LogP contribution < -0.4 is 15.0 Å². The molecule has 0 radical (unpaired) electrons. The lowest BCUT2D eigenvalue weighted by atomic mass is 10.2. The molecular weight excluding hydrogens is 384 g/mol. The zero-order chi connectivity index (χ0) is 20.8. The lowest BCUT2D eigenvalue weighted by Gasteiger charge is -2.33. The fourth-order valence-electron chi connectivity index (χ4n) is 3.26. The average Bonchev–Trinajstić information content (AvgIpc) is 3.27. The van der Waals surface area contributed by atoms with Crippen LogP contribution in [0, 0.1) is 0 Å². The van der Waals surface area contributed by atoms with Crippen molar-refractivity contribution in [3.05, 3.63) is 66.1 Å². The maximum atomic E-state index is 12.4. The zero-order valence-corrected chi connectivity index (χ0v) is 16.8. The predicted octanol–water partition coefficient (Wildman–Crippen LogP) is 1.73. The van der Waals surface area contributed by atoms with Crippen LogP contribution in [-0.4, -0.2) is 59.0 Å². The number of nitrogens with zero attached hydrogens (tertiary/aromatic N) is 5. The van der Waals surface area contributed by atoms with Gasteiger partial charge in [0.25, 0.3) is 5.91 Å². The van der Waals surface area contributed by atoms with Gasteiger partial charge < -0.3 is 19.4 Å². The molecule has 0 unspecified atom stereocenters. The number of ether oxygens (including phenoxy) is 1. The highest BCUT2D eigenvalue weighted by Crippen LogP contribution is 2.13. The van der Waals surface area contributed by atoms with Gasteiger partial charge in [0, 0.05) is 45.1 Å². The Morgan fingerprint density at radius 1 is 1.13 bits per heavy atom. The molecule has 0 bridgehead atoms. The van der Waals surface area contributed by atoms with Gasteiger partial charge in [-0.25, -0.2) is 15.0 Å². The van der Waals surface area contributed by atoms with E-state index in [1.807, 2.05) is 30.3 Å². The third-order valence-electron chi connectivity index (χ3n) is 4.96. The van der Waals surface area contributed by atoms with Crippen LogP contribution in [0.15, 0.2) is 53.4 Å². The zero-order valence-electron chi connectivity index (χ0n) is 16.8. The average molecular weight is 408 g/mol. The number of hydrogen-bond acceptors (Lipinski definition) is 8. The van der Waals surface area contributed by atoms with E-state index in [1.165, 1.54) is 6.26 Å². The van der Waals surface area contributed by atoms with Crippen molar-refractivity contribution in [2.24, 2.45) is 0 Å². The summed E-state index contributed by atoms with van der Waals surface area (Å²) in [5, 5.41) is 2.86. The van der Waals surface area contributed by atoms with E-state index in [0.717, 1.165) is 43.4 Å². The molecule has 1 amide bonds. The number of carbonyl (C=O) groups excluding carboxylic acids is 1. The number of anilines is 1. The van der Waals surface area contributed by atoms with Crippen molar-refractivity contribution in [2.45, 2.75) is 13.1 Å². The minimum atomic E-state index is -0.258. The van der Waals surface area contributed by atoms with Crippen molar-refractivity contribution in [1.29, 1.82) is 0 Å².